The first-order valence-electron chi connectivity index (χ1n) is 9.09. The van der Waals surface area contributed by atoms with E-state index in [0.29, 0.717) is 12.6 Å². The van der Waals surface area contributed by atoms with Crippen molar-refractivity contribution in [2.75, 3.05) is 46.9 Å². The van der Waals surface area contributed by atoms with Crippen LogP contribution in [-0.4, -0.2) is 74.8 Å². The second-order valence-corrected chi connectivity index (χ2v) is 7.59. The maximum atomic E-state index is 5.63. The van der Waals surface area contributed by atoms with E-state index in [1.807, 2.05) is 0 Å². The minimum atomic E-state index is 0.0958. The average Bonchev–Trinajstić information content (AvgIpc) is 2.92. The summed E-state index contributed by atoms with van der Waals surface area (Å²) in [5.41, 5.74) is 0.0958. The second-order valence-electron chi connectivity index (χ2n) is 7.59. The third kappa shape index (κ3) is 6.30. The van der Waals surface area contributed by atoms with Crippen LogP contribution in [-0.2, 0) is 4.74 Å². The zero-order valence-electron chi connectivity index (χ0n) is 16.4. The molecule has 0 saturated carbocycles. The monoisotopic (exact) mass is 326 g/mol. The van der Waals surface area contributed by atoms with Gasteiger partial charge in [-0.2, -0.15) is 0 Å². The molecule has 0 aromatic carbocycles. The minimum absolute atomic E-state index is 0.0958. The summed E-state index contributed by atoms with van der Waals surface area (Å²) in [6, 6.07) is 0.648. The molecule has 1 aliphatic rings. The zero-order valence-corrected chi connectivity index (χ0v) is 16.4. The molecule has 5 nitrogen and oxygen atoms in total. The largest absolute Gasteiger partial charge is 0.379 e. The molecule has 2 unspecified atom stereocenters. The highest BCUT2D eigenvalue weighted by molar-refractivity contribution is 5.79. The Morgan fingerprint density at radius 2 is 2.09 bits per heavy atom. The van der Waals surface area contributed by atoms with Gasteiger partial charge in [0.2, 0.25) is 0 Å². The van der Waals surface area contributed by atoms with Crippen LogP contribution in [0.5, 0.6) is 0 Å². The number of ether oxygens (including phenoxy) is 1. The van der Waals surface area contributed by atoms with Crippen molar-refractivity contribution in [3.05, 3.63) is 0 Å². The highest BCUT2D eigenvalue weighted by Crippen LogP contribution is 2.22. The molecule has 23 heavy (non-hydrogen) atoms. The van der Waals surface area contributed by atoms with Crippen LogP contribution in [0.25, 0.3) is 0 Å². The second kappa shape index (κ2) is 9.48. The van der Waals surface area contributed by atoms with Crippen LogP contribution in [0.2, 0.25) is 0 Å². The SMILES string of the molecule is CCNC(=NCC(OC)C(C)(C)C)N(C)CC1CCCN1CC. The predicted molar refractivity (Wildman–Crippen MR) is 99.1 cm³/mol. The number of guanidine groups is 1. The maximum absolute atomic E-state index is 5.63. The first kappa shape index (κ1) is 20.2. The molecule has 0 spiro atoms. The summed E-state index contributed by atoms with van der Waals surface area (Å²) in [5.74, 6) is 0.988. The number of methoxy groups -OCH3 is 1. The Labute approximate surface area is 143 Å². The van der Waals surface area contributed by atoms with Gasteiger partial charge in [0.25, 0.3) is 0 Å². The molecule has 1 fully saturated rings. The van der Waals surface area contributed by atoms with Crippen LogP contribution < -0.4 is 5.32 Å². The number of likely N-dealkylation sites (N-methyl/N-ethyl adjacent to an activating group) is 2. The van der Waals surface area contributed by atoms with E-state index in [0.717, 1.165) is 25.6 Å². The molecule has 1 aliphatic heterocycles. The van der Waals surface area contributed by atoms with Gasteiger partial charge in [0.1, 0.15) is 0 Å². The molecule has 0 amide bonds. The van der Waals surface area contributed by atoms with Crippen molar-refractivity contribution in [3.63, 3.8) is 0 Å². The summed E-state index contributed by atoms with van der Waals surface area (Å²) in [6.45, 7) is 16.0. The normalized spacial score (nSPS) is 21.5. The molecule has 1 N–H and O–H groups in total. The van der Waals surface area contributed by atoms with E-state index < -0.39 is 0 Å². The number of hydrogen-bond acceptors (Lipinski definition) is 3. The molecule has 1 saturated heterocycles. The lowest BCUT2D eigenvalue weighted by Crippen LogP contribution is -2.46. The Bertz CT molecular complexity index is 365. The van der Waals surface area contributed by atoms with Gasteiger partial charge in [0.05, 0.1) is 12.6 Å². The van der Waals surface area contributed by atoms with Crippen molar-refractivity contribution in [3.8, 4) is 0 Å². The van der Waals surface area contributed by atoms with Crippen molar-refractivity contribution < 1.29 is 4.74 Å². The Hall–Kier alpha value is -0.810. The molecule has 5 heteroatoms. The van der Waals surface area contributed by atoms with Crippen molar-refractivity contribution in [1.82, 2.24) is 15.1 Å². The molecule has 1 heterocycles. The number of rotatable bonds is 7. The molecular formula is C18H38N4O. The smallest absolute Gasteiger partial charge is 0.193 e. The molecule has 2 atom stereocenters. The average molecular weight is 327 g/mol. The molecule has 0 radical (unpaired) electrons. The highest BCUT2D eigenvalue weighted by Gasteiger charge is 2.26. The molecular weight excluding hydrogens is 288 g/mol. The summed E-state index contributed by atoms with van der Waals surface area (Å²) in [6.07, 6.45) is 2.74. The van der Waals surface area contributed by atoms with Gasteiger partial charge in [-0.25, -0.2) is 0 Å². The van der Waals surface area contributed by atoms with E-state index in [4.69, 9.17) is 9.73 Å². The number of nitrogens with one attached hydrogen (secondary N) is 1. The number of nitrogens with zero attached hydrogens (tertiary/aromatic N) is 3. The van der Waals surface area contributed by atoms with Crippen LogP contribution in [0, 0.1) is 5.41 Å². The molecule has 136 valence electrons. The van der Waals surface area contributed by atoms with E-state index in [2.05, 4.69) is 56.8 Å². The summed E-state index contributed by atoms with van der Waals surface area (Å²) in [7, 11) is 3.92. The van der Waals surface area contributed by atoms with Crippen LogP contribution in [0.1, 0.15) is 47.5 Å². The van der Waals surface area contributed by atoms with Crippen molar-refractivity contribution in [1.29, 1.82) is 0 Å². The number of aliphatic imine (C=N–C) groups is 1. The summed E-state index contributed by atoms with van der Waals surface area (Å²) in [5, 5.41) is 3.42. The van der Waals surface area contributed by atoms with Gasteiger partial charge in [-0.1, -0.05) is 27.7 Å². The maximum Gasteiger partial charge on any atom is 0.193 e. The topological polar surface area (TPSA) is 40.1 Å². The standard InChI is InChI=1S/C18H38N4O/c1-8-19-17(20-13-16(23-7)18(3,4)5)21(6)14-15-11-10-12-22(15)9-2/h15-16H,8-14H2,1-7H3,(H,19,20). The molecule has 0 bridgehead atoms. The van der Waals surface area contributed by atoms with E-state index >= 15 is 0 Å². The molecule has 1 rings (SSSR count). The molecule has 0 aliphatic carbocycles. The van der Waals surface area contributed by atoms with Crippen LogP contribution >= 0.6 is 0 Å². The fourth-order valence-electron chi connectivity index (χ4n) is 3.26. The quantitative estimate of drug-likeness (QED) is 0.576. The van der Waals surface area contributed by atoms with Gasteiger partial charge in [-0.3, -0.25) is 9.89 Å². The Balaban J connectivity index is 2.69. The molecule has 0 aromatic rings. The van der Waals surface area contributed by atoms with E-state index in [-0.39, 0.29) is 11.5 Å². The minimum Gasteiger partial charge on any atom is -0.379 e. The van der Waals surface area contributed by atoms with E-state index in [1.165, 1.54) is 19.4 Å². The number of hydrogen-bond donors (Lipinski definition) is 1. The van der Waals surface area contributed by atoms with Crippen molar-refractivity contribution in [2.45, 2.75) is 59.6 Å². The third-order valence-corrected chi connectivity index (χ3v) is 4.74. The highest BCUT2D eigenvalue weighted by atomic mass is 16.5. The van der Waals surface area contributed by atoms with Crippen molar-refractivity contribution in [2.24, 2.45) is 10.4 Å². The van der Waals surface area contributed by atoms with E-state index in [1.54, 1.807) is 7.11 Å². The molecule has 0 aromatic heterocycles. The predicted octanol–water partition coefficient (Wildman–Crippen LogP) is 2.43. The summed E-state index contributed by atoms with van der Waals surface area (Å²) in [4.78, 5) is 9.68. The van der Waals surface area contributed by atoms with Gasteiger partial charge >= 0.3 is 0 Å². The fourth-order valence-corrected chi connectivity index (χ4v) is 3.26. The number of likely N-dealkylation sites (tertiary alicyclic amines) is 1. The van der Waals surface area contributed by atoms with Crippen LogP contribution in [0.15, 0.2) is 4.99 Å². The summed E-state index contributed by atoms with van der Waals surface area (Å²) >= 11 is 0. The first-order chi connectivity index (χ1) is 10.8. The van der Waals surface area contributed by atoms with Gasteiger partial charge < -0.3 is 15.0 Å². The summed E-state index contributed by atoms with van der Waals surface area (Å²) < 4.78 is 5.63. The lowest BCUT2D eigenvalue weighted by atomic mass is 9.89. The Morgan fingerprint density at radius 1 is 1.39 bits per heavy atom. The van der Waals surface area contributed by atoms with Crippen LogP contribution in [0.3, 0.4) is 0 Å². The van der Waals surface area contributed by atoms with Gasteiger partial charge in [0, 0.05) is 33.3 Å². The van der Waals surface area contributed by atoms with Gasteiger partial charge in [-0.05, 0) is 38.3 Å². The van der Waals surface area contributed by atoms with E-state index in [9.17, 15) is 0 Å². The van der Waals surface area contributed by atoms with Crippen LogP contribution in [0.4, 0.5) is 0 Å². The fraction of sp³-hybridized carbons (Fsp3) is 0.944. The lowest BCUT2D eigenvalue weighted by Gasteiger charge is -2.31. The van der Waals surface area contributed by atoms with Gasteiger partial charge in [-0.15, -0.1) is 0 Å². The Morgan fingerprint density at radius 3 is 2.61 bits per heavy atom. The Kier molecular flexibility index (Phi) is 8.34. The third-order valence-electron chi connectivity index (χ3n) is 4.74. The van der Waals surface area contributed by atoms with Crippen molar-refractivity contribution >= 4 is 5.96 Å². The first-order valence-corrected chi connectivity index (χ1v) is 9.09. The zero-order chi connectivity index (χ0) is 17.5. The lowest BCUT2D eigenvalue weighted by molar-refractivity contribution is 0.0239. The van der Waals surface area contributed by atoms with Gasteiger partial charge in [0.15, 0.2) is 5.96 Å².